The highest BCUT2D eigenvalue weighted by Gasteiger charge is 2.20. The summed E-state index contributed by atoms with van der Waals surface area (Å²) in [5.74, 6) is -3.67. The Morgan fingerprint density at radius 2 is 1.18 bits per heavy atom. The zero-order valence-corrected chi connectivity index (χ0v) is 24.4. The third-order valence-corrected chi connectivity index (χ3v) is 5.90. The lowest BCUT2D eigenvalue weighted by atomic mass is 10.1. The molecule has 14 N–H and O–H groups in total. The van der Waals surface area contributed by atoms with Crippen molar-refractivity contribution in [3.63, 3.8) is 0 Å². The van der Waals surface area contributed by atoms with Crippen LogP contribution in [0.2, 0.25) is 0 Å². The van der Waals surface area contributed by atoms with Crippen LogP contribution in [0.4, 0.5) is 4.79 Å². The fourth-order valence-corrected chi connectivity index (χ4v) is 3.46. The number of amides is 2. The molecule has 0 bridgehead atoms. The summed E-state index contributed by atoms with van der Waals surface area (Å²) in [5.41, 5.74) is 22.6. The summed E-state index contributed by atoms with van der Waals surface area (Å²) in [6.45, 7) is 1.22. The molecule has 1 heterocycles. The van der Waals surface area contributed by atoms with Crippen molar-refractivity contribution in [2.45, 2.75) is 62.7 Å². The molecule has 15 heteroatoms. The van der Waals surface area contributed by atoms with Crippen LogP contribution >= 0.6 is 0 Å². The van der Waals surface area contributed by atoms with E-state index in [9.17, 15) is 24.0 Å². The van der Waals surface area contributed by atoms with Crippen molar-refractivity contribution in [2.75, 3.05) is 13.1 Å². The number of carbonyl (C=O) groups is 5. The third kappa shape index (κ3) is 20.3. The first-order valence-electron chi connectivity index (χ1n) is 13.8. The number of rotatable bonds is 12. The Morgan fingerprint density at radius 1 is 0.750 bits per heavy atom. The van der Waals surface area contributed by atoms with Crippen LogP contribution in [0.15, 0.2) is 60.7 Å². The molecule has 1 saturated heterocycles. The largest absolute Gasteiger partial charge is 0.480 e. The number of aliphatic carboxylic acids is 4. The van der Waals surface area contributed by atoms with Gasteiger partial charge in [-0.25, -0.2) is 4.79 Å². The lowest BCUT2D eigenvalue weighted by molar-refractivity contribution is -0.139. The summed E-state index contributed by atoms with van der Waals surface area (Å²) in [6, 6.07) is 15.3. The molecule has 0 unspecified atom stereocenters. The van der Waals surface area contributed by atoms with E-state index in [2.05, 4.69) is 10.6 Å². The number of nitrogens with two attached hydrogens (primary N) is 4. The summed E-state index contributed by atoms with van der Waals surface area (Å²) >= 11 is 0. The summed E-state index contributed by atoms with van der Waals surface area (Å²) in [4.78, 5) is 51.2. The summed E-state index contributed by atoms with van der Waals surface area (Å²) in [6.07, 6.45) is 3.39. The number of carbonyl (C=O) groups excluding carboxylic acids is 1. The van der Waals surface area contributed by atoms with Crippen LogP contribution in [-0.4, -0.2) is 87.6 Å². The number of carboxylic acid groups (broad SMARTS) is 4. The number of hydrogen-bond donors (Lipinski definition) is 10. The van der Waals surface area contributed by atoms with Gasteiger partial charge in [0, 0.05) is 6.54 Å². The quantitative estimate of drug-likeness (QED) is 0.139. The van der Waals surface area contributed by atoms with E-state index in [0.717, 1.165) is 30.5 Å². The maximum atomic E-state index is 10.4. The minimum atomic E-state index is -1.03. The van der Waals surface area contributed by atoms with Crippen molar-refractivity contribution < 1.29 is 44.4 Å². The average Bonchev–Trinajstić information content (AvgIpc) is 3.53. The van der Waals surface area contributed by atoms with Crippen molar-refractivity contribution in [3.8, 4) is 0 Å². The first-order chi connectivity index (χ1) is 20.7. The Balaban J connectivity index is 0.000000566. The first kappa shape index (κ1) is 39.4. The predicted octanol–water partition coefficient (Wildman–Crippen LogP) is -0.0482. The Morgan fingerprint density at radius 3 is 1.48 bits per heavy atom. The summed E-state index contributed by atoms with van der Waals surface area (Å²) in [7, 11) is 0. The molecule has 0 saturated carbocycles. The topological polar surface area (TPSA) is 294 Å². The molecule has 15 nitrogen and oxygen atoms in total. The molecule has 1 aliphatic rings. The second kappa shape index (κ2) is 23.0. The van der Waals surface area contributed by atoms with Crippen LogP contribution in [0, 0.1) is 0 Å². The minimum Gasteiger partial charge on any atom is -0.480 e. The van der Waals surface area contributed by atoms with E-state index < -0.39 is 48.0 Å². The number of nitrogens with one attached hydrogen (secondary N) is 2. The Hall–Kier alpha value is -4.57. The maximum absolute atomic E-state index is 10.4. The Bertz CT molecular complexity index is 1080. The zero-order valence-electron chi connectivity index (χ0n) is 24.4. The van der Waals surface area contributed by atoms with Gasteiger partial charge in [-0.1, -0.05) is 60.7 Å². The van der Waals surface area contributed by atoms with Crippen molar-refractivity contribution in [3.05, 3.63) is 71.8 Å². The highest BCUT2D eigenvalue weighted by Crippen LogP contribution is 2.04. The predicted molar refractivity (Wildman–Crippen MR) is 163 cm³/mol. The van der Waals surface area contributed by atoms with Crippen LogP contribution in [0.25, 0.3) is 0 Å². The standard InChI is InChI=1S/2C9H11NO2.C6H13N3O3.C5H9NO2/c2*10-8(9(11)12)6-7-4-2-1-3-5-7;7-4(5(10)11)2-1-3-9-6(8)12;7-5(8)4-2-1-3-6-4/h2*1-5,8H,6,10H2,(H,11,12);4H,1-3,7H2,(H,10,11)(H3,8,9,12);4,6H,1-3H2,(H,7,8)/t2*8-;2*4-/m0000/s1. The minimum absolute atomic E-state index is 0.269. The van der Waals surface area contributed by atoms with Crippen LogP contribution in [-0.2, 0) is 32.0 Å². The van der Waals surface area contributed by atoms with Gasteiger partial charge in [0.25, 0.3) is 0 Å². The number of primary amides is 1. The molecule has 0 spiro atoms. The molecule has 4 atom stereocenters. The van der Waals surface area contributed by atoms with Crippen molar-refractivity contribution in [1.82, 2.24) is 10.6 Å². The highest BCUT2D eigenvalue weighted by molar-refractivity contribution is 5.74. The van der Waals surface area contributed by atoms with E-state index in [0.29, 0.717) is 32.2 Å². The highest BCUT2D eigenvalue weighted by atomic mass is 16.4. The molecule has 3 rings (SSSR count). The fourth-order valence-electron chi connectivity index (χ4n) is 3.46. The van der Waals surface area contributed by atoms with Gasteiger partial charge in [0.15, 0.2) is 0 Å². The SMILES string of the molecule is NC(=O)NCCC[C@H](N)C(=O)O.N[C@@H](Cc1ccccc1)C(=O)O.N[C@@H](Cc1ccccc1)C(=O)O.O=C(O)[C@@H]1CCCN1. The van der Waals surface area contributed by atoms with E-state index in [1.54, 1.807) is 0 Å². The number of benzene rings is 2. The fraction of sp³-hybridized carbons (Fsp3) is 0.414. The van der Waals surface area contributed by atoms with Gasteiger partial charge in [-0.15, -0.1) is 0 Å². The normalized spacial score (nSPS) is 15.2. The van der Waals surface area contributed by atoms with Gasteiger partial charge in [-0.2, -0.15) is 0 Å². The van der Waals surface area contributed by atoms with Gasteiger partial charge in [0.05, 0.1) is 0 Å². The molecule has 244 valence electrons. The lowest BCUT2D eigenvalue weighted by Crippen LogP contribution is -2.33. The first-order valence-corrected chi connectivity index (χ1v) is 13.8. The van der Waals surface area contributed by atoms with Crippen molar-refractivity contribution in [1.29, 1.82) is 0 Å². The van der Waals surface area contributed by atoms with Crippen LogP contribution < -0.4 is 33.6 Å². The molecule has 2 aromatic carbocycles. The second-order valence-electron chi connectivity index (χ2n) is 9.63. The van der Waals surface area contributed by atoms with Crippen LogP contribution in [0.3, 0.4) is 0 Å². The second-order valence-corrected chi connectivity index (χ2v) is 9.63. The molecule has 1 aliphatic heterocycles. The number of hydrogen-bond acceptors (Lipinski definition) is 9. The van der Waals surface area contributed by atoms with Gasteiger partial charge in [-0.05, 0) is 56.2 Å². The van der Waals surface area contributed by atoms with Crippen LogP contribution in [0.1, 0.15) is 36.8 Å². The smallest absolute Gasteiger partial charge is 0.320 e. The van der Waals surface area contributed by atoms with E-state index in [4.69, 9.17) is 43.4 Å². The Labute approximate surface area is 255 Å². The van der Waals surface area contributed by atoms with E-state index in [-0.39, 0.29) is 6.04 Å². The number of urea groups is 1. The van der Waals surface area contributed by atoms with Gasteiger partial charge >= 0.3 is 29.9 Å². The number of carboxylic acids is 4. The molecule has 0 radical (unpaired) electrons. The molecule has 1 fully saturated rings. The summed E-state index contributed by atoms with van der Waals surface area (Å²) < 4.78 is 0. The molecule has 2 amide bonds. The molecule has 2 aromatic rings. The molecule has 0 aromatic heterocycles. The lowest BCUT2D eigenvalue weighted by Gasteiger charge is -2.05. The van der Waals surface area contributed by atoms with Gasteiger partial charge in [-0.3, -0.25) is 19.2 Å². The van der Waals surface area contributed by atoms with E-state index in [1.807, 2.05) is 60.7 Å². The van der Waals surface area contributed by atoms with Gasteiger partial charge in [0.2, 0.25) is 0 Å². The molecule has 44 heavy (non-hydrogen) atoms. The van der Waals surface area contributed by atoms with Gasteiger partial charge in [0.1, 0.15) is 24.2 Å². The van der Waals surface area contributed by atoms with Gasteiger partial charge < -0.3 is 54.0 Å². The molecular formula is C29H44N6O9. The third-order valence-electron chi connectivity index (χ3n) is 5.90. The molecule has 0 aliphatic carbocycles. The van der Waals surface area contributed by atoms with Crippen molar-refractivity contribution >= 4 is 29.9 Å². The van der Waals surface area contributed by atoms with Crippen LogP contribution in [0.5, 0.6) is 0 Å². The Kier molecular flexibility index (Phi) is 20.6. The van der Waals surface area contributed by atoms with Crippen molar-refractivity contribution in [2.24, 2.45) is 22.9 Å². The zero-order chi connectivity index (χ0) is 33.5. The van der Waals surface area contributed by atoms with E-state index in [1.165, 1.54) is 0 Å². The van der Waals surface area contributed by atoms with E-state index >= 15 is 0 Å². The monoisotopic (exact) mass is 620 g/mol. The summed E-state index contributed by atoms with van der Waals surface area (Å²) in [5, 5.41) is 38.9. The average molecular weight is 621 g/mol. The molecular weight excluding hydrogens is 576 g/mol. The maximum Gasteiger partial charge on any atom is 0.320 e.